The summed E-state index contributed by atoms with van der Waals surface area (Å²) in [5.41, 5.74) is 0.0522. The van der Waals surface area contributed by atoms with Gasteiger partial charge in [-0.05, 0) is 18.6 Å². The smallest absolute Gasteiger partial charge is 0.335 e. The molecule has 0 saturated carbocycles. The fraction of sp³-hybridized carbons (Fsp3) is 0.571. The zero-order valence-corrected chi connectivity index (χ0v) is 11.6. The summed E-state index contributed by atoms with van der Waals surface area (Å²) in [5.74, 6) is -0.496. The van der Waals surface area contributed by atoms with Gasteiger partial charge in [0.2, 0.25) is 0 Å². The molecule has 3 N–H and O–H groups in total. The minimum absolute atomic E-state index is 0.209. The van der Waals surface area contributed by atoms with E-state index in [1.807, 2.05) is 6.92 Å². The molecule has 0 bridgehead atoms. The molecule has 1 atom stereocenters. The Bertz CT molecular complexity index is 484. The van der Waals surface area contributed by atoms with Crippen LogP contribution in [0, 0.1) is 0 Å². The molecule has 1 aliphatic heterocycles. The molecule has 110 valence electrons. The first kappa shape index (κ1) is 14.7. The summed E-state index contributed by atoms with van der Waals surface area (Å²) < 4.78 is 5.17. The van der Waals surface area contributed by atoms with Gasteiger partial charge in [0.05, 0.1) is 12.2 Å². The Morgan fingerprint density at radius 1 is 1.55 bits per heavy atom. The van der Waals surface area contributed by atoms with E-state index in [2.05, 4.69) is 10.3 Å². The number of carboxylic acids is 1. The molecule has 6 nitrogen and oxygen atoms in total. The number of anilines is 1. The second kappa shape index (κ2) is 6.19. The van der Waals surface area contributed by atoms with Crippen molar-refractivity contribution in [3.63, 3.8) is 0 Å². The number of carboxylic acid groups (broad SMARTS) is 1. The van der Waals surface area contributed by atoms with E-state index in [9.17, 15) is 9.90 Å². The molecule has 0 radical (unpaired) electrons. The van der Waals surface area contributed by atoms with E-state index in [0.29, 0.717) is 32.0 Å². The van der Waals surface area contributed by atoms with Gasteiger partial charge in [-0.25, -0.2) is 9.78 Å². The van der Waals surface area contributed by atoms with Crippen LogP contribution >= 0.6 is 0 Å². The topological polar surface area (TPSA) is 91.7 Å². The van der Waals surface area contributed by atoms with Crippen LogP contribution in [-0.2, 0) is 11.2 Å². The fourth-order valence-corrected chi connectivity index (χ4v) is 2.18. The maximum atomic E-state index is 11.1. The fourth-order valence-electron chi connectivity index (χ4n) is 2.18. The van der Waals surface area contributed by atoms with Gasteiger partial charge in [-0.1, -0.05) is 13.3 Å². The number of hydrogen-bond donors (Lipinski definition) is 3. The number of rotatable bonds is 6. The Morgan fingerprint density at radius 2 is 2.35 bits per heavy atom. The highest BCUT2D eigenvalue weighted by atomic mass is 16.5. The monoisotopic (exact) mass is 280 g/mol. The summed E-state index contributed by atoms with van der Waals surface area (Å²) in [6.45, 7) is 3.15. The number of carbonyl (C=O) groups is 1. The van der Waals surface area contributed by atoms with Gasteiger partial charge in [0.1, 0.15) is 11.4 Å². The van der Waals surface area contributed by atoms with E-state index in [-0.39, 0.29) is 5.56 Å². The number of nitrogens with one attached hydrogen (secondary N) is 1. The zero-order valence-electron chi connectivity index (χ0n) is 11.6. The minimum Gasteiger partial charge on any atom is -0.478 e. The molecular weight excluding hydrogens is 260 g/mol. The van der Waals surface area contributed by atoms with Crippen LogP contribution in [0.25, 0.3) is 0 Å². The van der Waals surface area contributed by atoms with E-state index < -0.39 is 11.6 Å². The summed E-state index contributed by atoms with van der Waals surface area (Å²) >= 11 is 0. The van der Waals surface area contributed by atoms with Gasteiger partial charge in [-0.3, -0.25) is 0 Å². The van der Waals surface area contributed by atoms with E-state index in [0.717, 1.165) is 18.5 Å². The third-order valence-corrected chi connectivity index (χ3v) is 3.31. The Labute approximate surface area is 117 Å². The van der Waals surface area contributed by atoms with Crippen LogP contribution in [0.4, 0.5) is 5.82 Å². The predicted octanol–water partition coefficient (Wildman–Crippen LogP) is 1.30. The lowest BCUT2D eigenvalue weighted by Gasteiger charge is -2.21. The van der Waals surface area contributed by atoms with Crippen LogP contribution in [0.1, 0.15) is 35.8 Å². The SMILES string of the molecule is CCCc1cc(C(=O)O)cc(NCC2(O)CCOC2)n1. The van der Waals surface area contributed by atoms with Crippen molar-refractivity contribution in [1.29, 1.82) is 0 Å². The molecule has 0 spiro atoms. The molecule has 0 aromatic carbocycles. The summed E-state index contributed by atoms with van der Waals surface area (Å²) in [6.07, 6.45) is 2.19. The zero-order chi connectivity index (χ0) is 14.6. The van der Waals surface area contributed by atoms with Crippen molar-refractivity contribution in [3.05, 3.63) is 23.4 Å². The van der Waals surface area contributed by atoms with Gasteiger partial charge < -0.3 is 20.3 Å². The number of nitrogens with zero attached hydrogens (tertiary/aromatic N) is 1. The van der Waals surface area contributed by atoms with Gasteiger partial charge in [0.25, 0.3) is 0 Å². The maximum Gasteiger partial charge on any atom is 0.335 e. The molecule has 2 heterocycles. The first-order chi connectivity index (χ1) is 9.52. The summed E-state index contributed by atoms with van der Waals surface area (Å²) in [5, 5.41) is 22.3. The van der Waals surface area contributed by atoms with Gasteiger partial charge in [0.15, 0.2) is 0 Å². The predicted molar refractivity (Wildman–Crippen MR) is 74.1 cm³/mol. The molecule has 20 heavy (non-hydrogen) atoms. The first-order valence-electron chi connectivity index (χ1n) is 6.81. The largest absolute Gasteiger partial charge is 0.478 e. The lowest BCUT2D eigenvalue weighted by molar-refractivity contribution is 0.0381. The lowest BCUT2D eigenvalue weighted by Crippen LogP contribution is -2.37. The first-order valence-corrected chi connectivity index (χ1v) is 6.81. The van der Waals surface area contributed by atoms with Gasteiger partial charge in [-0.15, -0.1) is 0 Å². The number of aromatic nitrogens is 1. The molecular formula is C14H20N2O4. The van der Waals surface area contributed by atoms with Crippen molar-refractivity contribution >= 4 is 11.8 Å². The van der Waals surface area contributed by atoms with Crippen LogP contribution in [-0.4, -0.2) is 46.5 Å². The molecule has 1 saturated heterocycles. The van der Waals surface area contributed by atoms with E-state index in [4.69, 9.17) is 9.84 Å². The van der Waals surface area contributed by atoms with Crippen molar-refractivity contribution in [2.24, 2.45) is 0 Å². The van der Waals surface area contributed by atoms with Crippen molar-refractivity contribution in [2.45, 2.75) is 31.8 Å². The number of pyridine rings is 1. The van der Waals surface area contributed by atoms with Crippen molar-refractivity contribution in [1.82, 2.24) is 4.98 Å². The van der Waals surface area contributed by atoms with E-state index >= 15 is 0 Å². The molecule has 1 aliphatic rings. The average molecular weight is 280 g/mol. The van der Waals surface area contributed by atoms with E-state index in [1.54, 1.807) is 6.07 Å². The van der Waals surface area contributed by atoms with Crippen molar-refractivity contribution in [2.75, 3.05) is 25.1 Å². The number of aryl methyl sites for hydroxylation is 1. The maximum absolute atomic E-state index is 11.1. The van der Waals surface area contributed by atoms with Crippen molar-refractivity contribution in [3.8, 4) is 0 Å². The van der Waals surface area contributed by atoms with Crippen LogP contribution < -0.4 is 5.32 Å². The lowest BCUT2D eigenvalue weighted by atomic mass is 10.0. The molecule has 1 unspecified atom stereocenters. The van der Waals surface area contributed by atoms with Crippen LogP contribution in [0.3, 0.4) is 0 Å². The number of aliphatic hydroxyl groups is 1. The highest BCUT2D eigenvalue weighted by Gasteiger charge is 2.32. The van der Waals surface area contributed by atoms with E-state index in [1.165, 1.54) is 6.07 Å². The van der Waals surface area contributed by atoms with Gasteiger partial charge in [0, 0.05) is 25.3 Å². The average Bonchev–Trinajstić information content (AvgIpc) is 2.84. The highest BCUT2D eigenvalue weighted by molar-refractivity contribution is 5.88. The quantitative estimate of drug-likeness (QED) is 0.727. The van der Waals surface area contributed by atoms with Gasteiger partial charge in [-0.2, -0.15) is 0 Å². The highest BCUT2D eigenvalue weighted by Crippen LogP contribution is 2.19. The second-order valence-corrected chi connectivity index (χ2v) is 5.17. The summed E-state index contributed by atoms with van der Waals surface area (Å²) in [7, 11) is 0. The molecule has 6 heteroatoms. The molecule has 1 aromatic rings. The summed E-state index contributed by atoms with van der Waals surface area (Å²) in [4.78, 5) is 15.5. The van der Waals surface area contributed by atoms with Crippen LogP contribution in [0.5, 0.6) is 0 Å². The number of aromatic carboxylic acids is 1. The van der Waals surface area contributed by atoms with Crippen LogP contribution in [0.2, 0.25) is 0 Å². The normalized spacial score (nSPS) is 21.9. The van der Waals surface area contributed by atoms with Crippen LogP contribution in [0.15, 0.2) is 12.1 Å². The molecule has 1 aromatic heterocycles. The third kappa shape index (κ3) is 3.68. The van der Waals surface area contributed by atoms with Crippen molar-refractivity contribution < 1.29 is 19.7 Å². The Hall–Kier alpha value is -1.66. The number of hydrogen-bond acceptors (Lipinski definition) is 5. The standard InChI is InChI=1S/C14H20N2O4/c1-2-3-11-6-10(13(17)18)7-12(16-11)15-8-14(19)4-5-20-9-14/h6-7,19H,2-5,8-9H2,1H3,(H,15,16)(H,17,18). The Kier molecular flexibility index (Phi) is 4.57. The van der Waals surface area contributed by atoms with Gasteiger partial charge >= 0.3 is 5.97 Å². The second-order valence-electron chi connectivity index (χ2n) is 5.17. The molecule has 0 aliphatic carbocycles. The molecule has 1 fully saturated rings. The summed E-state index contributed by atoms with van der Waals surface area (Å²) in [6, 6.07) is 3.07. The Morgan fingerprint density at radius 3 is 2.95 bits per heavy atom. The Balaban J connectivity index is 2.11. The number of ether oxygens (including phenoxy) is 1. The molecule has 0 amide bonds. The molecule has 2 rings (SSSR count). The minimum atomic E-state index is -0.976. The third-order valence-electron chi connectivity index (χ3n) is 3.31.